The van der Waals surface area contributed by atoms with Crippen molar-refractivity contribution in [3.63, 3.8) is 0 Å². The zero-order valence-electron chi connectivity index (χ0n) is 13.9. The zero-order valence-corrected chi connectivity index (χ0v) is 14.7. The van der Waals surface area contributed by atoms with Crippen molar-refractivity contribution in [2.45, 2.75) is 6.42 Å². The molecule has 26 heavy (non-hydrogen) atoms. The molecule has 0 unspecified atom stereocenters. The van der Waals surface area contributed by atoms with Gasteiger partial charge in [0, 0.05) is 41.8 Å². The minimum atomic E-state index is -0.775. The maximum Gasteiger partial charge on any atom is 0.288 e. The number of nitrogens with one attached hydrogen (secondary N) is 1. The molecule has 0 aliphatic rings. The van der Waals surface area contributed by atoms with Crippen molar-refractivity contribution in [2.24, 2.45) is 12.8 Å². The van der Waals surface area contributed by atoms with E-state index in [1.54, 1.807) is 0 Å². The predicted molar refractivity (Wildman–Crippen MR) is 99.5 cm³/mol. The Morgan fingerprint density at radius 3 is 2.88 bits per heavy atom. The van der Waals surface area contributed by atoms with Gasteiger partial charge < -0.3 is 15.6 Å². The lowest BCUT2D eigenvalue weighted by Gasteiger charge is -2.08. The average molecular weight is 374 g/mol. The molecule has 2 aromatic heterocycles. The van der Waals surface area contributed by atoms with Gasteiger partial charge in [0.2, 0.25) is 0 Å². The molecule has 8 nitrogen and oxygen atoms in total. The predicted octanol–water partition coefficient (Wildman–Crippen LogP) is 2.89. The van der Waals surface area contributed by atoms with Crippen molar-refractivity contribution in [1.29, 1.82) is 0 Å². The van der Waals surface area contributed by atoms with Gasteiger partial charge in [0.1, 0.15) is 12.0 Å². The minimum Gasteiger partial charge on any atom is -0.369 e. The van der Waals surface area contributed by atoms with Crippen LogP contribution < -0.4 is 11.1 Å². The highest BCUT2D eigenvalue weighted by Crippen LogP contribution is 2.25. The number of nitrogens with two attached hydrogens (primary N) is 1. The van der Waals surface area contributed by atoms with E-state index in [0.717, 1.165) is 28.7 Å². The molecule has 0 aliphatic heterocycles. The first-order valence-electron chi connectivity index (χ1n) is 7.78. The molecule has 134 valence electrons. The summed E-state index contributed by atoms with van der Waals surface area (Å²) in [6.45, 7) is 0.479. The van der Waals surface area contributed by atoms with Gasteiger partial charge in [-0.05, 0) is 24.1 Å². The van der Waals surface area contributed by atoms with Crippen LogP contribution in [0.3, 0.4) is 0 Å². The zero-order chi connectivity index (χ0) is 18.8. The van der Waals surface area contributed by atoms with E-state index in [-0.39, 0.29) is 17.1 Å². The lowest BCUT2D eigenvalue weighted by molar-refractivity contribution is -0.385. The number of carbonyl (C=O) groups is 1. The summed E-state index contributed by atoms with van der Waals surface area (Å²) in [4.78, 5) is 25.7. The van der Waals surface area contributed by atoms with Crippen LogP contribution in [-0.4, -0.2) is 26.9 Å². The second-order valence-corrected chi connectivity index (χ2v) is 6.25. The topological polar surface area (TPSA) is 116 Å². The fourth-order valence-electron chi connectivity index (χ4n) is 2.84. The maximum atomic E-state index is 11.5. The molecule has 0 bridgehead atoms. The number of anilines is 1. The smallest absolute Gasteiger partial charge is 0.288 e. The number of hydrogen-bond acceptors (Lipinski definition) is 5. The molecule has 9 heteroatoms. The summed E-state index contributed by atoms with van der Waals surface area (Å²) in [6, 6.07) is 6.82. The van der Waals surface area contributed by atoms with E-state index in [0.29, 0.717) is 18.0 Å². The Morgan fingerprint density at radius 1 is 1.42 bits per heavy atom. The third kappa shape index (κ3) is 3.45. The minimum absolute atomic E-state index is 0.0103. The van der Waals surface area contributed by atoms with Crippen LogP contribution in [-0.2, 0) is 13.5 Å². The number of pyridine rings is 1. The Hall–Kier alpha value is -3.13. The van der Waals surface area contributed by atoms with Gasteiger partial charge in [-0.2, -0.15) is 0 Å². The number of carbonyl (C=O) groups excluding carboxylic acids is 1. The molecular weight excluding hydrogens is 358 g/mol. The molecule has 0 spiro atoms. The normalized spacial score (nSPS) is 10.8. The number of primary amides is 1. The van der Waals surface area contributed by atoms with Gasteiger partial charge in [-0.1, -0.05) is 17.7 Å². The molecule has 3 aromatic rings. The second-order valence-electron chi connectivity index (χ2n) is 5.81. The largest absolute Gasteiger partial charge is 0.369 e. The van der Waals surface area contributed by atoms with Gasteiger partial charge >= 0.3 is 0 Å². The molecule has 1 amide bonds. The summed E-state index contributed by atoms with van der Waals surface area (Å²) in [5.74, 6) is -0.546. The number of aryl methyl sites for hydroxylation is 1. The lowest BCUT2D eigenvalue weighted by Crippen LogP contribution is -2.17. The van der Waals surface area contributed by atoms with Crippen LogP contribution in [0.5, 0.6) is 0 Å². The van der Waals surface area contributed by atoms with Gasteiger partial charge in [-0.15, -0.1) is 0 Å². The van der Waals surface area contributed by atoms with E-state index < -0.39 is 10.8 Å². The van der Waals surface area contributed by atoms with E-state index in [1.165, 1.54) is 0 Å². The molecule has 3 N–H and O–H groups in total. The average Bonchev–Trinajstić information content (AvgIpc) is 2.90. The molecule has 0 saturated carbocycles. The van der Waals surface area contributed by atoms with Gasteiger partial charge in [0.15, 0.2) is 0 Å². The van der Waals surface area contributed by atoms with Crippen LogP contribution in [0.2, 0.25) is 5.02 Å². The Morgan fingerprint density at radius 2 is 2.19 bits per heavy atom. The highest BCUT2D eigenvalue weighted by Gasteiger charge is 2.16. The number of aromatic nitrogens is 2. The number of hydrogen-bond donors (Lipinski definition) is 2. The summed E-state index contributed by atoms with van der Waals surface area (Å²) in [5, 5.41) is 15.6. The first-order chi connectivity index (χ1) is 12.4. The molecule has 3 rings (SSSR count). The summed E-state index contributed by atoms with van der Waals surface area (Å²) in [5.41, 5.74) is 7.14. The van der Waals surface area contributed by atoms with Crippen LogP contribution in [0.15, 0.2) is 36.7 Å². The number of rotatable bonds is 6. The van der Waals surface area contributed by atoms with Crippen molar-refractivity contribution in [3.05, 3.63) is 62.9 Å². The third-order valence-corrected chi connectivity index (χ3v) is 4.31. The summed E-state index contributed by atoms with van der Waals surface area (Å²) in [6.07, 6.45) is 3.77. The van der Waals surface area contributed by atoms with Crippen molar-refractivity contribution in [3.8, 4) is 0 Å². The molecule has 0 atom stereocenters. The Labute approximate surface area is 153 Å². The lowest BCUT2D eigenvalue weighted by atomic mass is 10.1. The summed E-state index contributed by atoms with van der Waals surface area (Å²) in [7, 11) is 1.94. The molecule has 0 radical (unpaired) electrons. The van der Waals surface area contributed by atoms with Gasteiger partial charge in [0.05, 0.1) is 10.5 Å². The fraction of sp³-hybridized carbons (Fsp3) is 0.176. The molecule has 0 aliphatic carbocycles. The number of benzene rings is 1. The van der Waals surface area contributed by atoms with Gasteiger partial charge in [-0.3, -0.25) is 14.9 Å². The van der Waals surface area contributed by atoms with Gasteiger partial charge in [-0.25, -0.2) is 4.98 Å². The van der Waals surface area contributed by atoms with Crippen LogP contribution in [0.1, 0.15) is 15.9 Å². The standard InChI is InChI=1S/C17H16ClN5O3/c1-22-9-10(13-3-2-11(18)6-15(13)22)4-5-20-17-14(16(19)24)7-12(8-21-17)23(25)26/h2-3,6-9H,4-5H2,1H3,(H2,19,24)(H,20,21). The molecule has 1 aromatic carbocycles. The Bertz CT molecular complexity index is 1020. The fourth-order valence-corrected chi connectivity index (χ4v) is 3.00. The van der Waals surface area contributed by atoms with Crippen LogP contribution >= 0.6 is 11.6 Å². The van der Waals surface area contributed by atoms with Crippen LogP contribution in [0.4, 0.5) is 11.5 Å². The first kappa shape index (κ1) is 17.7. The summed E-state index contributed by atoms with van der Waals surface area (Å²) >= 11 is 6.04. The Kier molecular flexibility index (Phi) is 4.77. The van der Waals surface area contributed by atoms with E-state index in [1.807, 2.05) is 36.0 Å². The van der Waals surface area contributed by atoms with E-state index in [4.69, 9.17) is 17.3 Å². The number of fused-ring (bicyclic) bond motifs is 1. The van der Waals surface area contributed by atoms with Crippen molar-refractivity contribution in [1.82, 2.24) is 9.55 Å². The maximum absolute atomic E-state index is 11.5. The number of nitro groups is 1. The monoisotopic (exact) mass is 373 g/mol. The van der Waals surface area contributed by atoms with Crippen molar-refractivity contribution < 1.29 is 9.72 Å². The van der Waals surface area contributed by atoms with Gasteiger partial charge in [0.25, 0.3) is 11.6 Å². The Balaban J connectivity index is 1.78. The third-order valence-electron chi connectivity index (χ3n) is 4.07. The highest BCUT2D eigenvalue weighted by atomic mass is 35.5. The molecular formula is C17H16ClN5O3. The number of amides is 1. The second kappa shape index (κ2) is 7.01. The molecule has 2 heterocycles. The first-order valence-corrected chi connectivity index (χ1v) is 8.16. The van der Waals surface area contributed by atoms with E-state index in [2.05, 4.69) is 10.3 Å². The van der Waals surface area contributed by atoms with Crippen LogP contribution in [0.25, 0.3) is 10.9 Å². The SMILES string of the molecule is Cn1cc(CCNc2ncc([N+](=O)[O-])cc2C(N)=O)c2ccc(Cl)cc21. The van der Waals surface area contributed by atoms with E-state index in [9.17, 15) is 14.9 Å². The van der Waals surface area contributed by atoms with E-state index >= 15 is 0 Å². The highest BCUT2D eigenvalue weighted by molar-refractivity contribution is 6.31. The molecule has 0 saturated heterocycles. The van der Waals surface area contributed by atoms with Crippen molar-refractivity contribution in [2.75, 3.05) is 11.9 Å². The summed E-state index contributed by atoms with van der Waals surface area (Å²) < 4.78 is 2.00. The van der Waals surface area contributed by atoms with Crippen molar-refractivity contribution >= 4 is 39.9 Å². The number of halogens is 1. The number of nitrogens with zero attached hydrogens (tertiary/aromatic N) is 3. The van der Waals surface area contributed by atoms with Crippen LogP contribution in [0, 0.1) is 10.1 Å². The quantitative estimate of drug-likeness (QED) is 0.509. The molecule has 0 fully saturated rings.